The molecule has 8 nitrogen and oxygen atoms in total. The van der Waals surface area contributed by atoms with E-state index in [4.69, 9.17) is 4.74 Å². The van der Waals surface area contributed by atoms with Gasteiger partial charge in [-0.3, -0.25) is 4.79 Å². The number of fused-ring (bicyclic) bond motifs is 1. The minimum atomic E-state index is -0.425. The molecule has 2 saturated heterocycles. The number of halogens is 2. The van der Waals surface area contributed by atoms with Crippen LogP contribution in [0.15, 0.2) is 6.33 Å². The fourth-order valence-electron chi connectivity index (χ4n) is 3.52. The van der Waals surface area contributed by atoms with Gasteiger partial charge in [0, 0.05) is 44.6 Å². The highest BCUT2D eigenvalue weighted by molar-refractivity contribution is 5.85. The van der Waals surface area contributed by atoms with Crippen LogP contribution in [0.2, 0.25) is 0 Å². The second kappa shape index (κ2) is 7.16. The van der Waals surface area contributed by atoms with Crippen molar-refractivity contribution < 1.29 is 14.3 Å². The number of likely N-dealkylation sites (tertiary alicyclic amines) is 1. The van der Waals surface area contributed by atoms with Gasteiger partial charge in [-0.25, -0.2) is 9.78 Å². The van der Waals surface area contributed by atoms with Gasteiger partial charge >= 0.3 is 6.09 Å². The number of imidazole rings is 1. The first kappa shape index (κ1) is 18.8. The fourth-order valence-corrected chi connectivity index (χ4v) is 3.52. The summed E-state index contributed by atoms with van der Waals surface area (Å²) in [5.41, 5.74) is 1.43. The maximum absolute atomic E-state index is 12.8. The molecule has 2 fully saturated rings. The summed E-state index contributed by atoms with van der Waals surface area (Å²) in [5.74, 6) is 0.0557. The Morgan fingerprint density at radius 1 is 1.33 bits per heavy atom. The molecule has 0 aromatic carbocycles. The quantitative estimate of drug-likeness (QED) is 0.663. The minimum Gasteiger partial charge on any atom is -0.441 e. The second-order valence-electron chi connectivity index (χ2n) is 6.15. The Balaban J connectivity index is 0.00000104. The van der Waals surface area contributed by atoms with E-state index in [0.717, 1.165) is 24.4 Å². The van der Waals surface area contributed by atoms with Crippen molar-refractivity contribution >= 4 is 36.8 Å². The van der Waals surface area contributed by atoms with Crippen molar-refractivity contribution in [2.45, 2.75) is 30.9 Å². The van der Waals surface area contributed by atoms with Gasteiger partial charge in [0.1, 0.15) is 11.6 Å². The number of hydrogen-bond donors (Lipinski definition) is 3. The van der Waals surface area contributed by atoms with Gasteiger partial charge in [-0.2, -0.15) is 0 Å². The van der Waals surface area contributed by atoms with Gasteiger partial charge in [0.15, 0.2) is 0 Å². The molecule has 2 amide bonds. The molecule has 0 saturated carbocycles. The molecule has 1 aromatic heterocycles. The van der Waals surface area contributed by atoms with Crippen LogP contribution in [0.1, 0.15) is 30.3 Å². The summed E-state index contributed by atoms with van der Waals surface area (Å²) in [6.45, 7) is 2.52. The third kappa shape index (κ3) is 3.18. The number of alkyl carbamates (subject to hydrolysis) is 1. The van der Waals surface area contributed by atoms with E-state index < -0.39 is 5.60 Å². The standard InChI is InChI=1S/C14H19N5O3.2ClH/c20-12(11-10-9(1-4-15-11)17-8-18-10)19-5-2-14(3-6-19)7-16-13(21)22-14;;/h8,11,15H,1-7H2,(H,16,21)(H,17,18);2*1H. The smallest absolute Gasteiger partial charge is 0.407 e. The summed E-state index contributed by atoms with van der Waals surface area (Å²) in [6.07, 6.45) is 3.51. The Morgan fingerprint density at radius 2 is 2.08 bits per heavy atom. The molecular formula is C14H21Cl2N5O3. The number of aromatic amines is 1. The van der Waals surface area contributed by atoms with E-state index in [1.165, 1.54) is 0 Å². The van der Waals surface area contributed by atoms with Crippen molar-refractivity contribution in [2.75, 3.05) is 26.2 Å². The monoisotopic (exact) mass is 377 g/mol. The number of piperidine rings is 1. The first-order valence-electron chi connectivity index (χ1n) is 7.68. The SMILES string of the molecule is Cl.Cl.O=C1NCC2(CCN(C(=O)C3NCCc4[nH]cnc43)CC2)O1. The number of carbonyl (C=O) groups is 2. The van der Waals surface area contributed by atoms with Crippen LogP contribution in [-0.4, -0.2) is 58.6 Å². The highest BCUT2D eigenvalue weighted by Crippen LogP contribution is 2.31. The second-order valence-corrected chi connectivity index (χ2v) is 6.15. The van der Waals surface area contributed by atoms with E-state index in [-0.39, 0.29) is 42.9 Å². The van der Waals surface area contributed by atoms with Crippen molar-refractivity contribution in [1.82, 2.24) is 25.5 Å². The van der Waals surface area contributed by atoms with E-state index in [9.17, 15) is 9.59 Å². The third-order valence-electron chi connectivity index (χ3n) is 4.85. The molecule has 1 aromatic rings. The van der Waals surface area contributed by atoms with Crippen LogP contribution in [0.25, 0.3) is 0 Å². The number of amides is 2. The minimum absolute atomic E-state index is 0. The molecule has 1 unspecified atom stereocenters. The summed E-state index contributed by atoms with van der Waals surface area (Å²) in [4.78, 5) is 33.3. The van der Waals surface area contributed by atoms with Crippen molar-refractivity contribution in [3.8, 4) is 0 Å². The van der Waals surface area contributed by atoms with E-state index in [1.807, 2.05) is 4.90 Å². The molecule has 0 radical (unpaired) electrons. The maximum atomic E-state index is 12.8. The average Bonchev–Trinajstić information content (AvgIpc) is 3.14. The first-order valence-corrected chi connectivity index (χ1v) is 7.68. The van der Waals surface area contributed by atoms with Gasteiger partial charge in [0.2, 0.25) is 5.91 Å². The zero-order valence-corrected chi connectivity index (χ0v) is 14.7. The molecule has 0 aliphatic carbocycles. The Bertz CT molecular complexity index is 615. The normalized spacial score (nSPS) is 24.2. The van der Waals surface area contributed by atoms with E-state index in [2.05, 4.69) is 20.6 Å². The molecule has 4 heterocycles. The predicted octanol–water partition coefficient (Wildman–Crippen LogP) is 0.541. The predicted molar refractivity (Wildman–Crippen MR) is 90.6 cm³/mol. The number of rotatable bonds is 1. The zero-order valence-electron chi connectivity index (χ0n) is 13.0. The van der Waals surface area contributed by atoms with Crippen LogP contribution in [-0.2, 0) is 16.0 Å². The van der Waals surface area contributed by atoms with Crippen molar-refractivity contribution in [3.05, 3.63) is 17.7 Å². The van der Waals surface area contributed by atoms with Crippen molar-refractivity contribution in [3.63, 3.8) is 0 Å². The van der Waals surface area contributed by atoms with Crippen LogP contribution in [0.4, 0.5) is 4.79 Å². The van der Waals surface area contributed by atoms with Crippen LogP contribution < -0.4 is 10.6 Å². The van der Waals surface area contributed by atoms with Gasteiger partial charge in [-0.05, 0) is 0 Å². The number of aromatic nitrogens is 2. The van der Waals surface area contributed by atoms with Crippen LogP contribution >= 0.6 is 24.8 Å². The van der Waals surface area contributed by atoms with Crippen molar-refractivity contribution in [2.24, 2.45) is 0 Å². The molecule has 1 spiro atoms. The average molecular weight is 378 g/mol. The molecule has 1 atom stereocenters. The number of H-pyrrole nitrogens is 1. The molecule has 3 N–H and O–H groups in total. The Kier molecular flexibility index (Phi) is 5.62. The molecular weight excluding hydrogens is 357 g/mol. The van der Waals surface area contributed by atoms with Gasteiger partial charge in [0.25, 0.3) is 0 Å². The molecule has 24 heavy (non-hydrogen) atoms. The number of carbonyl (C=O) groups excluding carboxylic acids is 2. The summed E-state index contributed by atoms with van der Waals surface area (Å²) in [5, 5.41) is 5.96. The fraction of sp³-hybridized carbons (Fsp3) is 0.643. The summed E-state index contributed by atoms with van der Waals surface area (Å²) < 4.78 is 5.39. The summed E-state index contributed by atoms with van der Waals surface area (Å²) in [7, 11) is 0. The van der Waals surface area contributed by atoms with Crippen molar-refractivity contribution in [1.29, 1.82) is 0 Å². The summed E-state index contributed by atoms with van der Waals surface area (Å²) >= 11 is 0. The van der Waals surface area contributed by atoms with Gasteiger partial charge < -0.3 is 25.3 Å². The van der Waals surface area contributed by atoms with E-state index in [0.29, 0.717) is 32.5 Å². The topological polar surface area (TPSA) is 99.4 Å². The number of ether oxygens (including phenoxy) is 1. The Hall–Kier alpha value is -1.51. The first-order chi connectivity index (χ1) is 10.7. The lowest BCUT2D eigenvalue weighted by Crippen LogP contribution is -2.51. The highest BCUT2D eigenvalue weighted by Gasteiger charge is 2.44. The van der Waals surface area contributed by atoms with Crippen LogP contribution in [0, 0.1) is 0 Å². The number of hydrogen-bond acceptors (Lipinski definition) is 5. The lowest BCUT2D eigenvalue weighted by Gasteiger charge is -2.38. The summed E-state index contributed by atoms with van der Waals surface area (Å²) in [6, 6.07) is -0.367. The van der Waals surface area contributed by atoms with Gasteiger partial charge in [-0.15, -0.1) is 24.8 Å². The maximum Gasteiger partial charge on any atom is 0.407 e. The Morgan fingerprint density at radius 3 is 2.75 bits per heavy atom. The molecule has 3 aliphatic rings. The Labute approximate surface area is 151 Å². The molecule has 0 bridgehead atoms. The largest absolute Gasteiger partial charge is 0.441 e. The number of nitrogens with one attached hydrogen (secondary N) is 3. The lowest BCUT2D eigenvalue weighted by molar-refractivity contribution is -0.137. The van der Waals surface area contributed by atoms with Gasteiger partial charge in [0.05, 0.1) is 18.6 Å². The third-order valence-corrected chi connectivity index (χ3v) is 4.85. The molecule has 134 valence electrons. The van der Waals surface area contributed by atoms with Crippen LogP contribution in [0.3, 0.4) is 0 Å². The van der Waals surface area contributed by atoms with Gasteiger partial charge in [-0.1, -0.05) is 0 Å². The van der Waals surface area contributed by atoms with E-state index in [1.54, 1.807) is 6.33 Å². The zero-order chi connectivity index (χ0) is 15.2. The highest BCUT2D eigenvalue weighted by atomic mass is 35.5. The number of nitrogens with zero attached hydrogens (tertiary/aromatic N) is 2. The van der Waals surface area contributed by atoms with E-state index >= 15 is 0 Å². The molecule has 3 aliphatic heterocycles. The lowest BCUT2D eigenvalue weighted by atomic mass is 9.91. The molecule has 4 rings (SSSR count). The molecule has 10 heteroatoms. The van der Waals surface area contributed by atoms with Crippen LogP contribution in [0.5, 0.6) is 0 Å².